The summed E-state index contributed by atoms with van der Waals surface area (Å²) in [6.45, 7) is 4.69. The smallest absolute Gasteiger partial charge is 0.269 e. The fourth-order valence-electron chi connectivity index (χ4n) is 1.70. The van der Waals surface area contributed by atoms with Crippen LogP contribution in [0.15, 0.2) is 6.20 Å². The maximum Gasteiger partial charge on any atom is 0.269 e. The molecule has 1 amide bonds. The van der Waals surface area contributed by atoms with E-state index in [9.17, 15) is 4.79 Å². The number of anilines is 3. The van der Waals surface area contributed by atoms with Gasteiger partial charge < -0.3 is 16.4 Å². The third-order valence-corrected chi connectivity index (χ3v) is 3.68. The second-order valence-electron chi connectivity index (χ2n) is 4.42. The SMILES string of the molecule is CCCNc1nc(N)c(C(=O)Nc2cn(C)nc2C)s1. The fourth-order valence-corrected chi connectivity index (χ4v) is 2.51. The largest absolute Gasteiger partial charge is 0.382 e. The zero-order valence-electron chi connectivity index (χ0n) is 11.7. The van der Waals surface area contributed by atoms with Crippen molar-refractivity contribution in [2.75, 3.05) is 22.9 Å². The molecule has 8 heteroatoms. The van der Waals surface area contributed by atoms with Gasteiger partial charge >= 0.3 is 0 Å². The maximum absolute atomic E-state index is 12.2. The van der Waals surface area contributed by atoms with Gasteiger partial charge in [0.15, 0.2) is 5.13 Å². The van der Waals surface area contributed by atoms with Crippen molar-refractivity contribution in [2.24, 2.45) is 7.05 Å². The van der Waals surface area contributed by atoms with Gasteiger partial charge in [0.1, 0.15) is 10.7 Å². The minimum Gasteiger partial charge on any atom is -0.382 e. The number of nitrogens with two attached hydrogens (primary N) is 1. The van der Waals surface area contributed by atoms with E-state index in [-0.39, 0.29) is 11.7 Å². The summed E-state index contributed by atoms with van der Waals surface area (Å²) in [5, 5.41) is 10.8. The normalized spacial score (nSPS) is 10.6. The molecule has 0 saturated heterocycles. The first kappa shape index (κ1) is 14.3. The van der Waals surface area contributed by atoms with E-state index in [0.717, 1.165) is 18.7 Å². The Morgan fingerprint density at radius 2 is 2.30 bits per heavy atom. The summed E-state index contributed by atoms with van der Waals surface area (Å²) in [4.78, 5) is 16.7. The van der Waals surface area contributed by atoms with Gasteiger partial charge in [0, 0.05) is 19.8 Å². The molecule has 0 atom stereocenters. The molecular formula is C12H18N6OS. The molecule has 0 bridgehead atoms. The number of nitrogens with zero attached hydrogens (tertiary/aromatic N) is 3. The highest BCUT2D eigenvalue weighted by molar-refractivity contribution is 7.18. The van der Waals surface area contributed by atoms with E-state index in [2.05, 4.69) is 27.6 Å². The summed E-state index contributed by atoms with van der Waals surface area (Å²) in [5.41, 5.74) is 7.22. The van der Waals surface area contributed by atoms with Crippen LogP contribution in [0.5, 0.6) is 0 Å². The molecule has 4 N–H and O–H groups in total. The molecule has 108 valence electrons. The van der Waals surface area contributed by atoms with Crippen molar-refractivity contribution in [2.45, 2.75) is 20.3 Å². The summed E-state index contributed by atoms with van der Waals surface area (Å²) >= 11 is 1.25. The summed E-state index contributed by atoms with van der Waals surface area (Å²) in [5.74, 6) is -0.0201. The standard InChI is InChI=1S/C12H18N6OS/c1-4-5-14-12-16-10(13)9(20-12)11(19)15-8-6-18(3)17-7(8)2/h6H,4-5,13H2,1-3H3,(H,14,16)(H,15,19). The highest BCUT2D eigenvalue weighted by atomic mass is 32.1. The Labute approximate surface area is 121 Å². The van der Waals surface area contributed by atoms with Crippen LogP contribution in [0.2, 0.25) is 0 Å². The van der Waals surface area contributed by atoms with Crippen molar-refractivity contribution in [1.29, 1.82) is 0 Å². The number of hydrogen-bond acceptors (Lipinski definition) is 6. The Morgan fingerprint density at radius 3 is 2.90 bits per heavy atom. The van der Waals surface area contributed by atoms with Gasteiger partial charge in [0.2, 0.25) is 0 Å². The molecular weight excluding hydrogens is 276 g/mol. The number of carbonyl (C=O) groups excluding carboxylic acids is 1. The predicted molar refractivity (Wildman–Crippen MR) is 81.2 cm³/mol. The first-order chi connectivity index (χ1) is 9.51. The Balaban J connectivity index is 2.13. The third kappa shape index (κ3) is 3.08. The van der Waals surface area contributed by atoms with Crippen LogP contribution in [-0.2, 0) is 7.05 Å². The minimum atomic E-state index is -0.263. The van der Waals surface area contributed by atoms with Crippen LogP contribution >= 0.6 is 11.3 Å². The van der Waals surface area contributed by atoms with Gasteiger partial charge in [0.05, 0.1) is 11.4 Å². The predicted octanol–water partition coefficient (Wildman–Crippen LogP) is 1.84. The van der Waals surface area contributed by atoms with Crippen LogP contribution in [0, 0.1) is 6.92 Å². The zero-order chi connectivity index (χ0) is 14.7. The molecule has 0 fully saturated rings. The maximum atomic E-state index is 12.2. The number of nitrogen functional groups attached to an aromatic ring is 1. The second kappa shape index (κ2) is 5.91. The average molecular weight is 294 g/mol. The molecule has 0 saturated carbocycles. The number of amides is 1. The molecule has 0 radical (unpaired) electrons. The number of nitrogens with one attached hydrogen (secondary N) is 2. The number of thiazole rings is 1. The molecule has 0 aliphatic carbocycles. The number of rotatable bonds is 5. The van der Waals surface area contributed by atoms with Crippen molar-refractivity contribution in [3.8, 4) is 0 Å². The molecule has 0 unspecified atom stereocenters. The zero-order valence-corrected chi connectivity index (χ0v) is 12.5. The minimum absolute atomic E-state index is 0.243. The lowest BCUT2D eigenvalue weighted by atomic mass is 10.4. The van der Waals surface area contributed by atoms with Crippen molar-refractivity contribution < 1.29 is 4.79 Å². The van der Waals surface area contributed by atoms with E-state index in [4.69, 9.17) is 5.73 Å². The summed E-state index contributed by atoms with van der Waals surface area (Å²) < 4.78 is 1.65. The lowest BCUT2D eigenvalue weighted by Crippen LogP contribution is -2.12. The molecule has 0 spiro atoms. The van der Waals surface area contributed by atoms with Gasteiger partial charge in [-0.1, -0.05) is 18.3 Å². The van der Waals surface area contributed by atoms with Crippen LogP contribution in [0.4, 0.5) is 16.6 Å². The van der Waals surface area contributed by atoms with Crippen LogP contribution in [0.25, 0.3) is 0 Å². The quantitative estimate of drug-likeness (QED) is 0.781. The molecule has 0 aliphatic heterocycles. The van der Waals surface area contributed by atoms with Crippen LogP contribution in [-0.4, -0.2) is 27.2 Å². The average Bonchev–Trinajstić information content (AvgIpc) is 2.90. The van der Waals surface area contributed by atoms with E-state index in [1.807, 2.05) is 6.92 Å². The van der Waals surface area contributed by atoms with Crippen molar-refractivity contribution in [3.63, 3.8) is 0 Å². The van der Waals surface area contributed by atoms with Crippen molar-refractivity contribution >= 4 is 33.9 Å². The Morgan fingerprint density at radius 1 is 1.55 bits per heavy atom. The topological polar surface area (TPSA) is 97.9 Å². The van der Waals surface area contributed by atoms with Crippen LogP contribution in [0.3, 0.4) is 0 Å². The van der Waals surface area contributed by atoms with Gasteiger partial charge in [0.25, 0.3) is 5.91 Å². The van der Waals surface area contributed by atoms with E-state index < -0.39 is 0 Å². The molecule has 2 aromatic heterocycles. The number of carbonyl (C=O) groups is 1. The molecule has 0 aliphatic rings. The fraction of sp³-hybridized carbons (Fsp3) is 0.417. The highest BCUT2D eigenvalue weighted by Crippen LogP contribution is 2.26. The van der Waals surface area contributed by atoms with Crippen LogP contribution < -0.4 is 16.4 Å². The highest BCUT2D eigenvalue weighted by Gasteiger charge is 2.17. The van der Waals surface area contributed by atoms with Crippen molar-refractivity contribution in [1.82, 2.24) is 14.8 Å². The Kier molecular flexibility index (Phi) is 4.23. The lowest BCUT2D eigenvalue weighted by Gasteiger charge is -2.01. The van der Waals surface area contributed by atoms with Gasteiger partial charge in [-0.3, -0.25) is 9.48 Å². The molecule has 2 heterocycles. The molecule has 2 aromatic rings. The number of hydrogen-bond donors (Lipinski definition) is 3. The Bertz CT molecular complexity index is 617. The number of aromatic nitrogens is 3. The number of aryl methyl sites for hydroxylation is 2. The molecule has 2 rings (SSSR count). The molecule has 7 nitrogen and oxygen atoms in total. The van der Waals surface area contributed by atoms with Gasteiger partial charge in [-0.15, -0.1) is 0 Å². The molecule has 0 aromatic carbocycles. The summed E-state index contributed by atoms with van der Waals surface area (Å²) in [7, 11) is 1.80. The van der Waals surface area contributed by atoms with E-state index in [1.165, 1.54) is 11.3 Å². The van der Waals surface area contributed by atoms with Crippen molar-refractivity contribution in [3.05, 3.63) is 16.8 Å². The van der Waals surface area contributed by atoms with Gasteiger partial charge in [-0.05, 0) is 13.3 Å². The second-order valence-corrected chi connectivity index (χ2v) is 5.42. The summed E-state index contributed by atoms with van der Waals surface area (Å²) in [6, 6.07) is 0. The van der Waals surface area contributed by atoms with E-state index >= 15 is 0 Å². The first-order valence-corrected chi connectivity index (χ1v) is 7.14. The van der Waals surface area contributed by atoms with Gasteiger partial charge in [-0.25, -0.2) is 4.98 Å². The summed E-state index contributed by atoms with van der Waals surface area (Å²) in [6.07, 6.45) is 2.73. The van der Waals surface area contributed by atoms with Gasteiger partial charge in [-0.2, -0.15) is 5.10 Å². The van der Waals surface area contributed by atoms with E-state index in [0.29, 0.717) is 15.7 Å². The first-order valence-electron chi connectivity index (χ1n) is 6.33. The monoisotopic (exact) mass is 294 g/mol. The molecule has 20 heavy (non-hydrogen) atoms. The van der Waals surface area contributed by atoms with Crippen LogP contribution in [0.1, 0.15) is 28.7 Å². The van der Waals surface area contributed by atoms with E-state index in [1.54, 1.807) is 17.9 Å². The third-order valence-electron chi connectivity index (χ3n) is 2.65. The lowest BCUT2D eigenvalue weighted by molar-refractivity contribution is 0.103. The Hall–Kier alpha value is -2.09.